The highest BCUT2D eigenvalue weighted by Gasteiger charge is 2.49. The summed E-state index contributed by atoms with van der Waals surface area (Å²) in [5.74, 6) is 0.942. The fourth-order valence-corrected chi connectivity index (χ4v) is 4.74. The Labute approximate surface area is 173 Å². The minimum absolute atomic E-state index is 0.0296. The van der Waals surface area contributed by atoms with Crippen molar-refractivity contribution in [3.63, 3.8) is 0 Å². The molecule has 28 heavy (non-hydrogen) atoms. The second kappa shape index (κ2) is 8.95. The summed E-state index contributed by atoms with van der Waals surface area (Å²) in [6.07, 6.45) is 4.12. The molecular weight excluding hydrogens is 426 g/mol. The topological polar surface area (TPSA) is 57.2 Å². The molecule has 0 N–H and O–H groups in total. The van der Waals surface area contributed by atoms with E-state index in [0.717, 1.165) is 43.4 Å². The molecule has 2 heterocycles. The van der Waals surface area contributed by atoms with E-state index in [4.69, 9.17) is 18.9 Å². The van der Waals surface area contributed by atoms with Crippen LogP contribution in [-0.4, -0.2) is 56.4 Å². The maximum atomic E-state index is 13.1. The zero-order valence-corrected chi connectivity index (χ0v) is 17.6. The number of hydrogen-bond donors (Lipinski definition) is 0. The van der Waals surface area contributed by atoms with Crippen molar-refractivity contribution in [1.29, 1.82) is 0 Å². The van der Waals surface area contributed by atoms with E-state index in [0.29, 0.717) is 12.5 Å². The molecule has 4 rings (SSSR count). The van der Waals surface area contributed by atoms with Crippen LogP contribution in [0.15, 0.2) is 40.8 Å². The third kappa shape index (κ3) is 4.13. The van der Waals surface area contributed by atoms with Gasteiger partial charge >= 0.3 is 0 Å². The van der Waals surface area contributed by atoms with Gasteiger partial charge in [0.2, 0.25) is 11.5 Å². The number of ketones is 1. The Bertz CT molecular complexity index is 737. The van der Waals surface area contributed by atoms with Gasteiger partial charge in [0.15, 0.2) is 0 Å². The summed E-state index contributed by atoms with van der Waals surface area (Å²) in [4.78, 5) is 15.4. The molecule has 0 amide bonds. The van der Waals surface area contributed by atoms with Crippen molar-refractivity contribution in [3.05, 3.63) is 40.8 Å². The summed E-state index contributed by atoms with van der Waals surface area (Å²) in [6.45, 7) is 3.19. The van der Waals surface area contributed by atoms with Crippen LogP contribution < -0.4 is 4.74 Å². The van der Waals surface area contributed by atoms with Gasteiger partial charge < -0.3 is 18.9 Å². The van der Waals surface area contributed by atoms with Crippen molar-refractivity contribution in [2.75, 3.05) is 33.5 Å². The number of carbonyl (C=O) groups excluding carboxylic acids is 1. The summed E-state index contributed by atoms with van der Waals surface area (Å²) in [7, 11) is 1.72. The van der Waals surface area contributed by atoms with E-state index in [1.54, 1.807) is 7.11 Å². The van der Waals surface area contributed by atoms with Gasteiger partial charge in [0.1, 0.15) is 18.1 Å². The highest BCUT2D eigenvalue weighted by atomic mass is 79.9. The number of allylic oxidation sites excluding steroid dienone is 1. The molecule has 152 valence electrons. The quantitative estimate of drug-likeness (QED) is 0.618. The van der Waals surface area contributed by atoms with Crippen LogP contribution in [0.2, 0.25) is 0 Å². The van der Waals surface area contributed by atoms with Crippen LogP contribution in [0.5, 0.6) is 5.75 Å². The maximum Gasteiger partial charge on any atom is 0.208 e. The van der Waals surface area contributed by atoms with E-state index in [-0.39, 0.29) is 35.6 Å². The smallest absolute Gasteiger partial charge is 0.208 e. The molecule has 2 fully saturated rings. The van der Waals surface area contributed by atoms with Gasteiger partial charge in [-0.05, 0) is 47.3 Å². The number of hydrogen-bond acceptors (Lipinski definition) is 6. The summed E-state index contributed by atoms with van der Waals surface area (Å²) < 4.78 is 24.0. The Morgan fingerprint density at radius 3 is 2.96 bits per heavy atom. The van der Waals surface area contributed by atoms with E-state index >= 15 is 0 Å². The molecule has 7 heteroatoms. The van der Waals surface area contributed by atoms with E-state index in [1.165, 1.54) is 6.26 Å². The summed E-state index contributed by atoms with van der Waals surface area (Å²) in [6, 6.07) is 7.49. The number of carbonyl (C=O) groups is 1. The van der Waals surface area contributed by atoms with Gasteiger partial charge in [0, 0.05) is 32.7 Å². The number of fused-ring (bicyclic) bond motifs is 3. The predicted octanol–water partition coefficient (Wildman–Crippen LogP) is 3.36. The Morgan fingerprint density at radius 2 is 2.14 bits per heavy atom. The largest absolute Gasteiger partial charge is 0.493 e. The Kier molecular flexibility index (Phi) is 6.35. The molecule has 1 aliphatic carbocycles. The molecule has 1 aromatic carbocycles. The molecule has 4 atom stereocenters. The van der Waals surface area contributed by atoms with E-state index in [2.05, 4.69) is 20.8 Å². The molecule has 1 aromatic rings. The highest BCUT2D eigenvalue weighted by molar-refractivity contribution is 9.10. The zero-order chi connectivity index (χ0) is 19.5. The number of Topliss-reactive ketones (excluding diaryl/α,β-unsaturated/α-hetero) is 1. The lowest BCUT2D eigenvalue weighted by Gasteiger charge is -2.48. The van der Waals surface area contributed by atoms with Crippen molar-refractivity contribution in [2.45, 2.75) is 31.5 Å². The molecule has 1 saturated carbocycles. The number of rotatable bonds is 6. The SMILES string of the molecule is COCCCN1COC2CCC3C(=O)C(Oc4ccccc4Br)=COC3C2C1. The van der Waals surface area contributed by atoms with E-state index in [1.807, 2.05) is 24.3 Å². The summed E-state index contributed by atoms with van der Waals surface area (Å²) >= 11 is 3.45. The van der Waals surface area contributed by atoms with Gasteiger partial charge in [0.25, 0.3) is 0 Å². The first-order valence-corrected chi connectivity index (χ1v) is 10.6. The number of benzene rings is 1. The lowest BCUT2D eigenvalue weighted by Crippen LogP contribution is -2.57. The number of para-hydroxylation sites is 1. The van der Waals surface area contributed by atoms with Crippen LogP contribution in [0.1, 0.15) is 19.3 Å². The van der Waals surface area contributed by atoms with Gasteiger partial charge in [-0.25, -0.2) is 0 Å². The van der Waals surface area contributed by atoms with Gasteiger partial charge in [-0.3, -0.25) is 9.69 Å². The van der Waals surface area contributed by atoms with Crippen molar-refractivity contribution >= 4 is 21.7 Å². The molecular formula is C21H26BrNO5. The average molecular weight is 452 g/mol. The molecule has 2 aliphatic heterocycles. The van der Waals surface area contributed by atoms with E-state index in [9.17, 15) is 4.79 Å². The lowest BCUT2D eigenvalue weighted by atomic mass is 9.73. The Balaban J connectivity index is 1.45. The minimum Gasteiger partial charge on any atom is -0.493 e. The predicted molar refractivity (Wildman–Crippen MR) is 107 cm³/mol. The van der Waals surface area contributed by atoms with Crippen LogP contribution >= 0.6 is 15.9 Å². The molecule has 4 unspecified atom stereocenters. The monoisotopic (exact) mass is 451 g/mol. The second-order valence-electron chi connectivity index (χ2n) is 7.58. The zero-order valence-electron chi connectivity index (χ0n) is 16.0. The fraction of sp³-hybridized carbons (Fsp3) is 0.571. The average Bonchev–Trinajstić information content (AvgIpc) is 2.71. The Hall–Kier alpha value is -1.41. The maximum absolute atomic E-state index is 13.1. The van der Waals surface area contributed by atoms with Crippen LogP contribution in [0.25, 0.3) is 0 Å². The number of nitrogens with zero attached hydrogens (tertiary/aromatic N) is 1. The van der Waals surface area contributed by atoms with Crippen LogP contribution in [0, 0.1) is 11.8 Å². The van der Waals surface area contributed by atoms with Crippen LogP contribution in [-0.2, 0) is 19.0 Å². The highest BCUT2D eigenvalue weighted by Crippen LogP contribution is 2.41. The fourth-order valence-electron chi connectivity index (χ4n) is 4.38. The van der Waals surface area contributed by atoms with Crippen molar-refractivity contribution in [2.24, 2.45) is 11.8 Å². The van der Waals surface area contributed by atoms with E-state index < -0.39 is 0 Å². The molecule has 0 spiro atoms. The second-order valence-corrected chi connectivity index (χ2v) is 8.44. The molecule has 6 nitrogen and oxygen atoms in total. The lowest BCUT2D eigenvalue weighted by molar-refractivity contribution is -0.173. The molecule has 3 aliphatic rings. The van der Waals surface area contributed by atoms with Gasteiger partial charge in [0.05, 0.1) is 23.2 Å². The first kappa shape index (κ1) is 19.9. The first-order valence-electron chi connectivity index (χ1n) is 9.82. The summed E-state index contributed by atoms with van der Waals surface area (Å²) in [5, 5.41) is 0. The van der Waals surface area contributed by atoms with Crippen molar-refractivity contribution < 1.29 is 23.7 Å². The molecule has 1 saturated heterocycles. The van der Waals surface area contributed by atoms with Gasteiger partial charge in [-0.15, -0.1) is 0 Å². The van der Waals surface area contributed by atoms with Crippen molar-refractivity contribution in [3.8, 4) is 5.75 Å². The van der Waals surface area contributed by atoms with Crippen molar-refractivity contribution in [1.82, 2.24) is 4.90 Å². The van der Waals surface area contributed by atoms with Crippen LogP contribution in [0.4, 0.5) is 0 Å². The van der Waals surface area contributed by atoms with Gasteiger partial charge in [-0.2, -0.15) is 0 Å². The standard InChI is InChI=1S/C21H26BrNO5/c1-25-10-4-9-23-11-15-17(27-13-23)8-7-14-20(24)19(12-26-21(14)15)28-18-6-3-2-5-16(18)22/h2-3,5-6,12,14-15,17,21H,4,7-11,13H2,1H3. The normalized spacial score (nSPS) is 30.1. The Morgan fingerprint density at radius 1 is 1.29 bits per heavy atom. The number of methoxy groups -OCH3 is 1. The third-order valence-electron chi connectivity index (χ3n) is 5.79. The number of ether oxygens (including phenoxy) is 4. The third-order valence-corrected chi connectivity index (χ3v) is 6.44. The minimum atomic E-state index is -0.175. The molecule has 0 aromatic heterocycles. The van der Waals surface area contributed by atoms with Crippen LogP contribution in [0.3, 0.4) is 0 Å². The molecule has 0 radical (unpaired) electrons. The summed E-state index contributed by atoms with van der Waals surface area (Å²) in [5.41, 5.74) is 0. The first-order chi connectivity index (χ1) is 13.7. The molecule has 0 bridgehead atoms. The van der Waals surface area contributed by atoms with Gasteiger partial charge in [-0.1, -0.05) is 12.1 Å². The number of halogens is 1.